The molecule has 9 heteroatoms. The summed E-state index contributed by atoms with van der Waals surface area (Å²) >= 11 is 8.15. The summed E-state index contributed by atoms with van der Waals surface area (Å²) in [6.45, 7) is 0. The van der Waals surface area contributed by atoms with Crippen molar-refractivity contribution in [1.82, 2.24) is 13.9 Å². The molecule has 0 atom stereocenters. The van der Waals surface area contributed by atoms with E-state index in [0.29, 0.717) is 22.9 Å². The molecule has 3 aromatic rings. The van der Waals surface area contributed by atoms with E-state index >= 15 is 0 Å². The Morgan fingerprint density at radius 1 is 1.24 bits per heavy atom. The Hall–Kier alpha value is -1.39. The van der Waals surface area contributed by atoms with Gasteiger partial charge in [0.15, 0.2) is 5.65 Å². The fourth-order valence-electron chi connectivity index (χ4n) is 2.62. The van der Waals surface area contributed by atoms with E-state index < -0.39 is 10.0 Å². The largest absolute Gasteiger partial charge is 0.367 e. The molecule has 25 heavy (non-hydrogen) atoms. The highest BCUT2D eigenvalue weighted by molar-refractivity contribution is 14.1. The molecule has 1 aliphatic carbocycles. The number of benzene rings is 1. The van der Waals surface area contributed by atoms with Gasteiger partial charge in [-0.15, -0.1) is 0 Å². The Kier molecular flexibility index (Phi) is 4.37. The lowest BCUT2D eigenvalue weighted by atomic mass is 10.2. The van der Waals surface area contributed by atoms with Crippen molar-refractivity contribution >= 4 is 61.1 Å². The molecule has 6 nitrogen and oxygen atoms in total. The molecule has 1 saturated carbocycles. The van der Waals surface area contributed by atoms with Gasteiger partial charge in [0.2, 0.25) is 15.3 Å². The number of fused-ring (bicyclic) bond motifs is 1. The number of aromatic nitrogens is 3. The smallest absolute Gasteiger partial charge is 0.244 e. The van der Waals surface area contributed by atoms with Crippen LogP contribution in [0.25, 0.3) is 11.0 Å². The average molecular weight is 489 g/mol. The van der Waals surface area contributed by atoms with Gasteiger partial charge in [-0.25, -0.2) is 17.4 Å². The van der Waals surface area contributed by atoms with Crippen molar-refractivity contribution in [2.45, 2.75) is 24.6 Å². The van der Waals surface area contributed by atoms with Crippen molar-refractivity contribution in [2.24, 2.45) is 0 Å². The molecule has 0 saturated heterocycles. The predicted octanol–water partition coefficient (Wildman–Crippen LogP) is 3.64. The van der Waals surface area contributed by atoms with Crippen molar-refractivity contribution in [3.63, 3.8) is 0 Å². The van der Waals surface area contributed by atoms with Crippen LogP contribution >= 0.6 is 34.2 Å². The number of hydrogen-bond donors (Lipinski definition) is 1. The van der Waals surface area contributed by atoms with Crippen LogP contribution in [0.15, 0.2) is 36.5 Å². The minimum Gasteiger partial charge on any atom is -0.367 e. The maximum absolute atomic E-state index is 12.9. The van der Waals surface area contributed by atoms with Crippen molar-refractivity contribution in [3.05, 3.63) is 50.9 Å². The fourth-order valence-corrected chi connectivity index (χ4v) is 5.17. The third-order valence-corrected chi connectivity index (χ3v) is 6.51. The van der Waals surface area contributed by atoms with Crippen LogP contribution in [0.2, 0.25) is 5.28 Å². The van der Waals surface area contributed by atoms with Gasteiger partial charge in [-0.1, -0.05) is 30.3 Å². The van der Waals surface area contributed by atoms with Gasteiger partial charge in [-0.05, 0) is 52.6 Å². The lowest BCUT2D eigenvalue weighted by Gasteiger charge is -2.09. The van der Waals surface area contributed by atoms with Crippen LogP contribution in [0.5, 0.6) is 0 Å². The molecule has 0 unspecified atom stereocenters. The Bertz CT molecular complexity index is 1050. The fraction of sp³-hybridized carbons (Fsp3) is 0.250. The normalized spacial score (nSPS) is 14.8. The average Bonchev–Trinajstić information content (AvgIpc) is 3.29. The maximum Gasteiger partial charge on any atom is 0.244 e. The highest BCUT2D eigenvalue weighted by Crippen LogP contribution is 2.33. The summed E-state index contributed by atoms with van der Waals surface area (Å²) in [7, 11) is -3.63. The van der Waals surface area contributed by atoms with Crippen LogP contribution in [0.3, 0.4) is 0 Å². The minimum absolute atomic E-state index is 0.0290. The highest BCUT2D eigenvalue weighted by Gasteiger charge is 2.27. The Morgan fingerprint density at radius 2 is 1.96 bits per heavy atom. The summed E-state index contributed by atoms with van der Waals surface area (Å²) in [6.07, 6.45) is 3.73. The Labute approximate surface area is 163 Å². The van der Waals surface area contributed by atoms with Gasteiger partial charge in [0.25, 0.3) is 0 Å². The minimum atomic E-state index is -3.63. The second-order valence-corrected chi connectivity index (χ2v) is 9.32. The first kappa shape index (κ1) is 17.0. The first-order valence-corrected chi connectivity index (χ1v) is 10.8. The van der Waals surface area contributed by atoms with Gasteiger partial charge in [-0.3, -0.25) is 0 Å². The molecule has 4 rings (SSSR count). The zero-order chi connectivity index (χ0) is 17.6. The molecule has 130 valence electrons. The van der Waals surface area contributed by atoms with E-state index in [1.165, 1.54) is 3.97 Å². The third-order valence-electron chi connectivity index (χ3n) is 3.95. The number of nitrogens with zero attached hydrogens (tertiary/aromatic N) is 3. The SMILES string of the molecule is O=S(=O)(Cc1ccccc1)n1cc(I)c2c(NC3CC3)nc(Cl)nc21. The van der Waals surface area contributed by atoms with Crippen LogP contribution < -0.4 is 5.32 Å². The number of anilines is 1. The molecular formula is C16H14ClIN4O2S. The van der Waals surface area contributed by atoms with Crippen molar-refractivity contribution in [3.8, 4) is 0 Å². The van der Waals surface area contributed by atoms with Gasteiger partial charge in [0.05, 0.1) is 11.1 Å². The molecule has 1 aromatic carbocycles. The van der Waals surface area contributed by atoms with Crippen LogP contribution in [0, 0.1) is 3.57 Å². The first-order valence-electron chi connectivity index (χ1n) is 7.72. The van der Waals surface area contributed by atoms with E-state index in [1.807, 2.05) is 18.2 Å². The van der Waals surface area contributed by atoms with Crippen LogP contribution in [-0.4, -0.2) is 28.4 Å². The van der Waals surface area contributed by atoms with Crippen molar-refractivity contribution in [2.75, 3.05) is 5.32 Å². The molecule has 0 bridgehead atoms. The van der Waals surface area contributed by atoms with E-state index in [9.17, 15) is 8.42 Å². The summed E-state index contributed by atoms with van der Waals surface area (Å²) in [5.74, 6) is 0.483. The molecule has 2 aromatic heterocycles. The van der Waals surface area contributed by atoms with E-state index in [2.05, 4.69) is 37.9 Å². The number of nitrogens with one attached hydrogen (secondary N) is 1. The lowest BCUT2D eigenvalue weighted by molar-refractivity contribution is 0.588. The van der Waals surface area contributed by atoms with Crippen molar-refractivity contribution < 1.29 is 8.42 Å². The first-order chi connectivity index (χ1) is 11.9. The zero-order valence-corrected chi connectivity index (χ0v) is 16.7. The van der Waals surface area contributed by atoms with E-state index in [-0.39, 0.29) is 11.0 Å². The van der Waals surface area contributed by atoms with Crippen LogP contribution in [0.4, 0.5) is 5.82 Å². The van der Waals surface area contributed by atoms with Crippen LogP contribution in [-0.2, 0) is 15.8 Å². The second-order valence-electron chi connectivity index (χ2n) is 5.97. The summed E-state index contributed by atoms with van der Waals surface area (Å²) in [6, 6.07) is 9.44. The summed E-state index contributed by atoms with van der Waals surface area (Å²) in [5.41, 5.74) is 1.03. The number of rotatable bonds is 5. The molecule has 2 heterocycles. The molecule has 1 fully saturated rings. The van der Waals surface area contributed by atoms with Gasteiger partial charge in [-0.2, -0.15) is 4.98 Å². The summed E-state index contributed by atoms with van der Waals surface area (Å²) < 4.78 is 27.8. The Morgan fingerprint density at radius 3 is 2.64 bits per heavy atom. The quantitative estimate of drug-likeness (QED) is 0.438. The summed E-state index contributed by atoms with van der Waals surface area (Å²) in [4.78, 5) is 8.44. The molecule has 0 spiro atoms. The van der Waals surface area contributed by atoms with Gasteiger partial charge in [0, 0.05) is 15.8 Å². The van der Waals surface area contributed by atoms with Crippen molar-refractivity contribution in [1.29, 1.82) is 0 Å². The van der Waals surface area contributed by atoms with Gasteiger partial charge in [0.1, 0.15) is 5.82 Å². The third kappa shape index (κ3) is 3.47. The summed E-state index contributed by atoms with van der Waals surface area (Å²) in [5, 5.41) is 4.02. The number of halogens is 2. The van der Waals surface area contributed by atoms with Gasteiger partial charge >= 0.3 is 0 Å². The van der Waals surface area contributed by atoms with E-state index in [1.54, 1.807) is 18.3 Å². The molecule has 0 amide bonds. The van der Waals surface area contributed by atoms with Crippen LogP contribution in [0.1, 0.15) is 18.4 Å². The standard InChI is InChI=1S/C16H14ClIN4O2S/c17-16-20-14(19-11-6-7-11)13-12(18)8-22(15(13)21-16)25(23,24)9-10-4-2-1-3-5-10/h1-5,8,11H,6-7,9H2,(H,19,20,21). The Balaban J connectivity index is 1.83. The van der Waals surface area contributed by atoms with E-state index in [4.69, 9.17) is 11.6 Å². The topological polar surface area (TPSA) is 76.9 Å². The number of hydrogen-bond acceptors (Lipinski definition) is 5. The second kappa shape index (κ2) is 6.40. The molecule has 1 N–H and O–H groups in total. The predicted molar refractivity (Wildman–Crippen MR) is 106 cm³/mol. The molecular weight excluding hydrogens is 475 g/mol. The molecule has 0 aliphatic heterocycles. The maximum atomic E-state index is 12.9. The molecule has 1 aliphatic rings. The highest BCUT2D eigenvalue weighted by atomic mass is 127. The van der Waals surface area contributed by atoms with E-state index in [0.717, 1.165) is 22.0 Å². The monoisotopic (exact) mass is 488 g/mol. The van der Waals surface area contributed by atoms with Gasteiger partial charge < -0.3 is 5.32 Å². The molecule has 0 radical (unpaired) electrons. The lowest BCUT2D eigenvalue weighted by Crippen LogP contribution is -2.15. The zero-order valence-electron chi connectivity index (χ0n) is 13.0.